The molecule has 2 aliphatic rings. The van der Waals surface area contributed by atoms with Gasteiger partial charge in [0.1, 0.15) is 0 Å². The van der Waals surface area contributed by atoms with E-state index in [4.69, 9.17) is 0 Å². The number of rotatable bonds is 3. The maximum Gasteiger partial charge on any atom is 0.254 e. The highest BCUT2D eigenvalue weighted by atomic mass is 32.1. The molecule has 0 saturated carbocycles. The van der Waals surface area contributed by atoms with Crippen LogP contribution in [0.1, 0.15) is 52.2 Å². The van der Waals surface area contributed by atoms with Crippen LogP contribution in [0.2, 0.25) is 0 Å². The van der Waals surface area contributed by atoms with E-state index in [1.165, 1.54) is 16.5 Å². The normalized spacial score (nSPS) is 18.6. The van der Waals surface area contributed by atoms with Gasteiger partial charge in [0.05, 0.1) is 6.04 Å². The standard InChI is InChI=1S/C22H24N2O2S/c1-3-18-17-11-14-27-20(17)10-13-24(18)22(26)16-7-5-9-19-15(16)8-6-12-23(19)21(25)4-2/h4-5,7,9,11,14,18H,2-3,6,8,10,12-13H2,1H3. The minimum atomic E-state index is -0.104. The van der Waals surface area contributed by atoms with Gasteiger partial charge in [-0.05, 0) is 66.5 Å². The largest absolute Gasteiger partial charge is 0.331 e. The van der Waals surface area contributed by atoms with Gasteiger partial charge < -0.3 is 9.80 Å². The number of benzene rings is 1. The van der Waals surface area contributed by atoms with E-state index < -0.39 is 0 Å². The zero-order chi connectivity index (χ0) is 19.0. The lowest BCUT2D eigenvalue weighted by atomic mass is 9.92. The van der Waals surface area contributed by atoms with Crippen molar-refractivity contribution in [3.05, 3.63) is 63.9 Å². The van der Waals surface area contributed by atoms with Crippen molar-refractivity contribution >= 4 is 28.8 Å². The van der Waals surface area contributed by atoms with Crippen LogP contribution in [-0.4, -0.2) is 29.8 Å². The second kappa shape index (κ2) is 7.31. The number of nitrogens with zero attached hydrogens (tertiary/aromatic N) is 2. The maximum atomic E-state index is 13.5. The second-order valence-electron chi connectivity index (χ2n) is 7.07. The Morgan fingerprint density at radius 3 is 2.89 bits per heavy atom. The summed E-state index contributed by atoms with van der Waals surface area (Å²) in [5.41, 5.74) is 3.90. The fraction of sp³-hybridized carbons (Fsp3) is 0.364. The zero-order valence-electron chi connectivity index (χ0n) is 15.6. The molecule has 0 N–H and O–H groups in total. The molecule has 4 nitrogen and oxygen atoms in total. The monoisotopic (exact) mass is 380 g/mol. The SMILES string of the molecule is C=CC(=O)N1CCCc2c(C(=O)N3CCc4sccc4C3CC)cccc21. The highest BCUT2D eigenvalue weighted by Crippen LogP contribution is 2.37. The second-order valence-corrected chi connectivity index (χ2v) is 8.07. The molecule has 27 heavy (non-hydrogen) atoms. The van der Waals surface area contributed by atoms with Gasteiger partial charge in [-0.3, -0.25) is 9.59 Å². The van der Waals surface area contributed by atoms with Crippen LogP contribution in [0.25, 0.3) is 0 Å². The predicted octanol–water partition coefficient (Wildman–Crippen LogP) is 4.36. The Morgan fingerprint density at radius 2 is 2.11 bits per heavy atom. The predicted molar refractivity (Wildman–Crippen MR) is 109 cm³/mol. The number of amides is 2. The maximum absolute atomic E-state index is 13.5. The van der Waals surface area contributed by atoms with Crippen LogP contribution in [0, 0.1) is 0 Å². The molecule has 1 atom stereocenters. The number of anilines is 1. The van der Waals surface area contributed by atoms with Crippen LogP contribution >= 0.6 is 11.3 Å². The van der Waals surface area contributed by atoms with Gasteiger partial charge in [-0.15, -0.1) is 11.3 Å². The first-order valence-corrected chi connectivity index (χ1v) is 10.5. The highest BCUT2D eigenvalue weighted by Gasteiger charge is 2.33. The Morgan fingerprint density at radius 1 is 1.26 bits per heavy atom. The summed E-state index contributed by atoms with van der Waals surface area (Å²) in [5, 5.41) is 2.13. The molecule has 0 aliphatic carbocycles. The molecule has 1 aromatic carbocycles. The molecular weight excluding hydrogens is 356 g/mol. The van der Waals surface area contributed by atoms with Gasteiger partial charge in [0.25, 0.3) is 5.91 Å². The third kappa shape index (κ3) is 3.00. The molecule has 1 unspecified atom stereocenters. The van der Waals surface area contributed by atoms with Crippen LogP contribution < -0.4 is 4.90 Å². The quantitative estimate of drug-likeness (QED) is 0.742. The van der Waals surface area contributed by atoms with Gasteiger partial charge in [-0.1, -0.05) is 19.6 Å². The summed E-state index contributed by atoms with van der Waals surface area (Å²) in [5.74, 6) is -0.0173. The van der Waals surface area contributed by atoms with Crippen molar-refractivity contribution in [2.75, 3.05) is 18.0 Å². The lowest BCUT2D eigenvalue weighted by Gasteiger charge is -2.37. The zero-order valence-corrected chi connectivity index (χ0v) is 16.4. The molecular formula is C22H24N2O2S. The Hall–Kier alpha value is -2.40. The Bertz CT molecular complexity index is 901. The first-order valence-electron chi connectivity index (χ1n) is 9.58. The number of thiophene rings is 1. The summed E-state index contributed by atoms with van der Waals surface area (Å²) < 4.78 is 0. The van der Waals surface area contributed by atoms with Crippen LogP contribution in [0.3, 0.4) is 0 Å². The number of fused-ring (bicyclic) bond motifs is 2. The molecule has 0 spiro atoms. The lowest BCUT2D eigenvalue weighted by Crippen LogP contribution is -2.40. The summed E-state index contributed by atoms with van der Waals surface area (Å²) >= 11 is 1.79. The molecule has 2 amide bonds. The van der Waals surface area contributed by atoms with E-state index in [1.54, 1.807) is 16.2 Å². The van der Waals surface area contributed by atoms with Crippen molar-refractivity contribution in [3.63, 3.8) is 0 Å². The molecule has 0 radical (unpaired) electrons. The van der Waals surface area contributed by atoms with Crippen LogP contribution in [-0.2, 0) is 17.6 Å². The van der Waals surface area contributed by atoms with Crippen LogP contribution in [0.5, 0.6) is 0 Å². The van der Waals surface area contributed by atoms with E-state index in [0.29, 0.717) is 6.54 Å². The molecule has 5 heteroatoms. The number of hydrogen-bond donors (Lipinski definition) is 0. The average Bonchev–Trinajstić information content (AvgIpc) is 3.19. The first-order chi connectivity index (χ1) is 13.2. The minimum Gasteiger partial charge on any atom is -0.331 e. The van der Waals surface area contributed by atoms with Crippen molar-refractivity contribution in [2.24, 2.45) is 0 Å². The summed E-state index contributed by atoms with van der Waals surface area (Å²) in [6.45, 7) is 7.18. The molecule has 0 saturated heterocycles. The molecule has 2 aliphatic heterocycles. The molecule has 3 heterocycles. The van der Waals surface area contributed by atoms with E-state index in [9.17, 15) is 9.59 Å². The average molecular weight is 381 g/mol. The van der Waals surface area contributed by atoms with E-state index in [-0.39, 0.29) is 17.9 Å². The van der Waals surface area contributed by atoms with Gasteiger partial charge in [-0.2, -0.15) is 0 Å². The molecule has 1 aromatic heterocycles. The fourth-order valence-corrected chi connectivity index (χ4v) is 5.33. The van der Waals surface area contributed by atoms with Crippen molar-refractivity contribution in [1.82, 2.24) is 4.90 Å². The summed E-state index contributed by atoms with van der Waals surface area (Å²) in [6, 6.07) is 8.05. The van der Waals surface area contributed by atoms with Crippen molar-refractivity contribution in [3.8, 4) is 0 Å². The topological polar surface area (TPSA) is 40.6 Å². The third-order valence-corrected chi connectivity index (χ3v) is 6.66. The van der Waals surface area contributed by atoms with Crippen molar-refractivity contribution in [1.29, 1.82) is 0 Å². The van der Waals surface area contributed by atoms with Gasteiger partial charge in [-0.25, -0.2) is 0 Å². The molecule has 2 aromatic rings. The van der Waals surface area contributed by atoms with Crippen molar-refractivity contribution in [2.45, 2.75) is 38.6 Å². The lowest BCUT2D eigenvalue weighted by molar-refractivity contribution is -0.114. The first kappa shape index (κ1) is 18.0. The van der Waals surface area contributed by atoms with E-state index in [1.807, 2.05) is 23.1 Å². The summed E-state index contributed by atoms with van der Waals surface area (Å²) in [6.07, 6.45) is 4.87. The van der Waals surface area contributed by atoms with E-state index in [0.717, 1.165) is 49.0 Å². The van der Waals surface area contributed by atoms with Crippen LogP contribution in [0.15, 0.2) is 42.3 Å². The Kier molecular flexibility index (Phi) is 4.87. The molecule has 0 bridgehead atoms. The molecule has 0 fully saturated rings. The van der Waals surface area contributed by atoms with Gasteiger partial charge in [0, 0.05) is 29.2 Å². The summed E-state index contributed by atoms with van der Waals surface area (Å²) in [7, 11) is 0. The fourth-order valence-electron chi connectivity index (χ4n) is 4.40. The molecule has 4 rings (SSSR count). The summed E-state index contributed by atoms with van der Waals surface area (Å²) in [4.78, 5) is 30.9. The van der Waals surface area contributed by atoms with Crippen molar-refractivity contribution < 1.29 is 9.59 Å². The minimum absolute atomic E-state index is 0.0865. The van der Waals surface area contributed by atoms with Crippen LogP contribution in [0.4, 0.5) is 5.69 Å². The van der Waals surface area contributed by atoms with E-state index in [2.05, 4.69) is 24.9 Å². The Balaban J connectivity index is 1.71. The Labute approximate surface area is 164 Å². The number of carbonyl (C=O) groups is 2. The highest BCUT2D eigenvalue weighted by molar-refractivity contribution is 7.10. The number of hydrogen-bond acceptors (Lipinski definition) is 3. The van der Waals surface area contributed by atoms with Gasteiger partial charge in [0.2, 0.25) is 5.91 Å². The smallest absolute Gasteiger partial charge is 0.254 e. The number of carbonyl (C=O) groups excluding carboxylic acids is 2. The van der Waals surface area contributed by atoms with E-state index >= 15 is 0 Å². The van der Waals surface area contributed by atoms with Gasteiger partial charge in [0.15, 0.2) is 0 Å². The molecule has 140 valence electrons. The third-order valence-electron chi connectivity index (χ3n) is 5.66. The van der Waals surface area contributed by atoms with Gasteiger partial charge >= 0.3 is 0 Å².